The number of hydrogen-bond acceptors (Lipinski definition) is 2. The summed E-state index contributed by atoms with van der Waals surface area (Å²) in [6.07, 6.45) is 0. The number of imidazole rings is 1. The van der Waals surface area contributed by atoms with Gasteiger partial charge in [0.25, 0.3) is 0 Å². The van der Waals surface area contributed by atoms with Gasteiger partial charge in [-0.3, -0.25) is 0 Å². The molecular formula is C15H9F2N3. The number of aryl methyl sites for hydroxylation is 1. The van der Waals surface area contributed by atoms with Gasteiger partial charge in [-0.15, -0.1) is 0 Å². The Kier molecular flexibility index (Phi) is 2.72. The molecule has 98 valence electrons. The number of rotatable bonds is 1. The van der Waals surface area contributed by atoms with Gasteiger partial charge in [0.2, 0.25) is 0 Å². The summed E-state index contributed by atoms with van der Waals surface area (Å²) < 4.78 is 28.8. The van der Waals surface area contributed by atoms with Crippen LogP contribution in [-0.2, 0) is 7.05 Å². The molecule has 3 nitrogen and oxygen atoms in total. The third kappa shape index (κ3) is 1.82. The summed E-state index contributed by atoms with van der Waals surface area (Å²) in [7, 11) is 1.70. The third-order valence-corrected chi connectivity index (χ3v) is 3.18. The van der Waals surface area contributed by atoms with Crippen molar-refractivity contribution in [1.29, 1.82) is 5.26 Å². The molecule has 0 aliphatic carbocycles. The SMILES string of the molecule is Cn1c(-c2cc(F)ccc2F)nc2ccc(C#N)cc21. The van der Waals surface area contributed by atoms with Crippen LogP contribution in [0.2, 0.25) is 0 Å². The van der Waals surface area contributed by atoms with Crippen LogP contribution < -0.4 is 0 Å². The third-order valence-electron chi connectivity index (χ3n) is 3.18. The van der Waals surface area contributed by atoms with Gasteiger partial charge >= 0.3 is 0 Å². The van der Waals surface area contributed by atoms with Crippen LogP contribution >= 0.6 is 0 Å². The van der Waals surface area contributed by atoms with Gasteiger partial charge in [0.05, 0.1) is 28.2 Å². The molecule has 2 aromatic carbocycles. The summed E-state index contributed by atoms with van der Waals surface area (Å²) in [6.45, 7) is 0. The quantitative estimate of drug-likeness (QED) is 0.679. The number of hydrogen-bond donors (Lipinski definition) is 0. The topological polar surface area (TPSA) is 41.6 Å². The maximum atomic E-state index is 13.8. The highest BCUT2D eigenvalue weighted by atomic mass is 19.1. The van der Waals surface area contributed by atoms with Crippen molar-refractivity contribution in [3.05, 3.63) is 53.6 Å². The van der Waals surface area contributed by atoms with Gasteiger partial charge in [0, 0.05) is 7.05 Å². The van der Waals surface area contributed by atoms with Gasteiger partial charge in [0.15, 0.2) is 0 Å². The van der Waals surface area contributed by atoms with Crippen LogP contribution in [0, 0.1) is 23.0 Å². The van der Waals surface area contributed by atoms with Crippen molar-refractivity contribution in [2.45, 2.75) is 0 Å². The molecule has 0 radical (unpaired) electrons. The maximum absolute atomic E-state index is 13.8. The van der Waals surface area contributed by atoms with E-state index in [1.54, 1.807) is 29.8 Å². The number of nitriles is 1. The largest absolute Gasteiger partial charge is 0.327 e. The fraction of sp³-hybridized carbons (Fsp3) is 0.0667. The van der Waals surface area contributed by atoms with Gasteiger partial charge < -0.3 is 4.57 Å². The molecule has 20 heavy (non-hydrogen) atoms. The molecule has 1 heterocycles. The van der Waals surface area contributed by atoms with Crippen molar-refractivity contribution < 1.29 is 8.78 Å². The highest BCUT2D eigenvalue weighted by Crippen LogP contribution is 2.26. The van der Waals surface area contributed by atoms with E-state index in [1.807, 2.05) is 6.07 Å². The van der Waals surface area contributed by atoms with Crippen molar-refractivity contribution in [3.63, 3.8) is 0 Å². The summed E-state index contributed by atoms with van der Waals surface area (Å²) in [5.74, 6) is -0.733. The first kappa shape index (κ1) is 12.3. The minimum Gasteiger partial charge on any atom is -0.327 e. The van der Waals surface area contributed by atoms with Crippen molar-refractivity contribution in [3.8, 4) is 17.5 Å². The lowest BCUT2D eigenvalue weighted by atomic mass is 10.2. The first-order valence-electron chi connectivity index (χ1n) is 5.92. The van der Waals surface area contributed by atoms with Crippen LogP contribution in [0.1, 0.15) is 5.56 Å². The Labute approximate surface area is 113 Å². The first-order valence-corrected chi connectivity index (χ1v) is 5.92. The molecule has 3 rings (SSSR count). The second kappa shape index (κ2) is 4.42. The highest BCUT2D eigenvalue weighted by molar-refractivity contribution is 5.81. The minimum absolute atomic E-state index is 0.0993. The highest BCUT2D eigenvalue weighted by Gasteiger charge is 2.14. The van der Waals surface area contributed by atoms with E-state index in [9.17, 15) is 8.78 Å². The summed E-state index contributed by atoms with van der Waals surface area (Å²) in [5, 5.41) is 8.90. The molecule has 0 N–H and O–H groups in total. The Hall–Kier alpha value is -2.74. The fourth-order valence-electron chi connectivity index (χ4n) is 2.17. The molecule has 0 spiro atoms. The Bertz CT molecular complexity index is 859. The second-order valence-electron chi connectivity index (χ2n) is 4.43. The number of halogens is 2. The molecule has 0 atom stereocenters. The lowest BCUT2D eigenvalue weighted by molar-refractivity contribution is 0.601. The summed E-state index contributed by atoms with van der Waals surface area (Å²) in [5.41, 5.74) is 1.92. The number of fused-ring (bicyclic) bond motifs is 1. The molecule has 1 aromatic heterocycles. The molecule has 3 aromatic rings. The van der Waals surface area contributed by atoms with E-state index in [2.05, 4.69) is 4.98 Å². The number of benzene rings is 2. The normalized spacial score (nSPS) is 10.7. The van der Waals surface area contributed by atoms with Crippen LogP contribution in [-0.4, -0.2) is 9.55 Å². The van der Waals surface area contributed by atoms with E-state index in [0.717, 1.165) is 18.2 Å². The van der Waals surface area contributed by atoms with E-state index in [0.29, 0.717) is 22.4 Å². The Morgan fingerprint density at radius 3 is 2.70 bits per heavy atom. The van der Waals surface area contributed by atoms with E-state index < -0.39 is 11.6 Å². The standard InChI is InChI=1S/C15H9F2N3/c1-20-14-6-9(8-18)2-5-13(14)19-15(20)11-7-10(16)3-4-12(11)17/h2-7H,1H3. The van der Waals surface area contributed by atoms with Gasteiger partial charge in [-0.2, -0.15) is 5.26 Å². The van der Waals surface area contributed by atoms with Crippen LogP contribution in [0.15, 0.2) is 36.4 Å². The zero-order valence-corrected chi connectivity index (χ0v) is 10.6. The second-order valence-corrected chi connectivity index (χ2v) is 4.43. The lowest BCUT2D eigenvalue weighted by Gasteiger charge is -2.04. The van der Waals surface area contributed by atoms with E-state index >= 15 is 0 Å². The Morgan fingerprint density at radius 1 is 1.15 bits per heavy atom. The zero-order valence-electron chi connectivity index (χ0n) is 10.6. The van der Waals surface area contributed by atoms with Gasteiger partial charge in [-0.25, -0.2) is 13.8 Å². The van der Waals surface area contributed by atoms with Crippen LogP contribution in [0.25, 0.3) is 22.4 Å². The van der Waals surface area contributed by atoms with Gasteiger partial charge in [0.1, 0.15) is 17.5 Å². The van der Waals surface area contributed by atoms with E-state index in [1.165, 1.54) is 0 Å². The monoisotopic (exact) mass is 269 g/mol. The van der Waals surface area contributed by atoms with E-state index in [-0.39, 0.29) is 5.56 Å². The predicted molar refractivity (Wildman–Crippen MR) is 70.8 cm³/mol. The molecule has 0 amide bonds. The van der Waals surface area contributed by atoms with Crippen LogP contribution in [0.5, 0.6) is 0 Å². The number of nitrogens with zero attached hydrogens (tertiary/aromatic N) is 3. The maximum Gasteiger partial charge on any atom is 0.143 e. The van der Waals surface area contributed by atoms with Crippen LogP contribution in [0.3, 0.4) is 0 Å². The molecule has 0 unspecified atom stereocenters. The van der Waals surface area contributed by atoms with E-state index in [4.69, 9.17) is 5.26 Å². The van der Waals surface area contributed by atoms with Crippen molar-refractivity contribution in [2.24, 2.45) is 7.05 Å². The molecule has 0 aliphatic rings. The summed E-state index contributed by atoms with van der Waals surface area (Å²) in [6, 6.07) is 10.3. The van der Waals surface area contributed by atoms with Gasteiger partial charge in [-0.05, 0) is 36.4 Å². The molecule has 0 bridgehead atoms. The molecule has 0 fully saturated rings. The Morgan fingerprint density at radius 2 is 1.95 bits per heavy atom. The summed E-state index contributed by atoms with van der Waals surface area (Å²) in [4.78, 5) is 4.31. The molecule has 5 heteroatoms. The minimum atomic E-state index is -0.537. The Balaban J connectivity index is 2.30. The fourth-order valence-corrected chi connectivity index (χ4v) is 2.17. The van der Waals surface area contributed by atoms with Crippen molar-refractivity contribution in [1.82, 2.24) is 9.55 Å². The average molecular weight is 269 g/mol. The molecule has 0 aliphatic heterocycles. The average Bonchev–Trinajstić information content (AvgIpc) is 2.78. The summed E-state index contributed by atoms with van der Waals surface area (Å²) >= 11 is 0. The zero-order chi connectivity index (χ0) is 14.3. The molecule has 0 saturated carbocycles. The lowest BCUT2D eigenvalue weighted by Crippen LogP contribution is -1.95. The number of aromatic nitrogens is 2. The van der Waals surface area contributed by atoms with Crippen molar-refractivity contribution in [2.75, 3.05) is 0 Å². The predicted octanol–water partition coefficient (Wildman–Crippen LogP) is 3.39. The first-order chi connectivity index (χ1) is 9.60. The van der Waals surface area contributed by atoms with Gasteiger partial charge in [-0.1, -0.05) is 0 Å². The molecule has 0 saturated heterocycles. The van der Waals surface area contributed by atoms with Crippen molar-refractivity contribution >= 4 is 11.0 Å². The smallest absolute Gasteiger partial charge is 0.143 e. The van der Waals surface area contributed by atoms with Crippen LogP contribution in [0.4, 0.5) is 8.78 Å². The molecular weight excluding hydrogens is 260 g/mol.